The zero-order valence-corrected chi connectivity index (χ0v) is 16.9. The summed E-state index contributed by atoms with van der Waals surface area (Å²) in [5.74, 6) is 1.46. The van der Waals surface area contributed by atoms with Gasteiger partial charge in [-0.25, -0.2) is 9.59 Å². The smallest absolute Gasteiger partial charge is 0.319 e. The van der Waals surface area contributed by atoms with Gasteiger partial charge in [0.25, 0.3) is 0 Å². The predicted molar refractivity (Wildman–Crippen MR) is 110 cm³/mol. The van der Waals surface area contributed by atoms with Crippen molar-refractivity contribution in [2.75, 3.05) is 25.0 Å². The number of carbonyl (C=O) groups is 2. The second-order valence-electron chi connectivity index (χ2n) is 7.72. The van der Waals surface area contributed by atoms with Crippen LogP contribution in [0.15, 0.2) is 24.3 Å². The molecule has 0 aromatic heterocycles. The minimum atomic E-state index is -0.206. The Balaban J connectivity index is 1.59. The molecule has 4 amide bonds. The number of urea groups is 2. The van der Waals surface area contributed by atoms with Crippen molar-refractivity contribution in [1.82, 2.24) is 16.0 Å². The van der Waals surface area contributed by atoms with E-state index in [1.54, 1.807) is 24.3 Å². The lowest BCUT2D eigenvalue weighted by atomic mass is 9.82. The van der Waals surface area contributed by atoms with Crippen molar-refractivity contribution in [3.05, 3.63) is 29.3 Å². The van der Waals surface area contributed by atoms with E-state index in [4.69, 9.17) is 11.6 Å². The molecule has 0 radical (unpaired) electrons. The Morgan fingerprint density at radius 1 is 1.00 bits per heavy atom. The van der Waals surface area contributed by atoms with Crippen molar-refractivity contribution < 1.29 is 9.59 Å². The van der Waals surface area contributed by atoms with Crippen molar-refractivity contribution in [3.63, 3.8) is 0 Å². The monoisotopic (exact) mass is 394 g/mol. The first-order valence-electron chi connectivity index (χ1n) is 9.74. The maximum atomic E-state index is 12.0. The largest absolute Gasteiger partial charge is 0.338 e. The van der Waals surface area contributed by atoms with Crippen molar-refractivity contribution in [2.45, 2.75) is 39.5 Å². The van der Waals surface area contributed by atoms with Crippen LogP contribution >= 0.6 is 11.6 Å². The molecule has 1 aliphatic carbocycles. The number of halogens is 1. The van der Waals surface area contributed by atoms with E-state index in [1.807, 2.05) is 0 Å². The number of nitrogens with one attached hydrogen (secondary N) is 4. The highest BCUT2D eigenvalue weighted by Gasteiger charge is 2.22. The molecule has 0 spiro atoms. The normalized spacial score (nSPS) is 19.4. The highest BCUT2D eigenvalue weighted by atomic mass is 35.5. The van der Waals surface area contributed by atoms with Gasteiger partial charge < -0.3 is 21.3 Å². The molecule has 0 heterocycles. The number of carbonyl (C=O) groups excluding carboxylic acids is 2. The highest BCUT2D eigenvalue weighted by Crippen LogP contribution is 2.28. The Kier molecular flexibility index (Phi) is 8.72. The predicted octanol–water partition coefficient (Wildman–Crippen LogP) is 4.22. The summed E-state index contributed by atoms with van der Waals surface area (Å²) in [5.41, 5.74) is 0.686. The van der Waals surface area contributed by atoms with Gasteiger partial charge in [-0.05, 0) is 61.6 Å². The second kappa shape index (κ2) is 11.0. The van der Waals surface area contributed by atoms with Gasteiger partial charge in [0.15, 0.2) is 0 Å². The third kappa shape index (κ3) is 8.52. The average Bonchev–Trinajstić information content (AvgIpc) is 2.64. The van der Waals surface area contributed by atoms with Gasteiger partial charge in [-0.15, -0.1) is 0 Å². The van der Waals surface area contributed by atoms with E-state index in [9.17, 15) is 9.59 Å². The molecule has 1 aromatic rings. The molecular weight excluding hydrogens is 364 g/mol. The molecule has 4 N–H and O–H groups in total. The summed E-state index contributed by atoms with van der Waals surface area (Å²) in [6, 6.07) is 6.81. The fourth-order valence-corrected chi connectivity index (χ4v) is 3.40. The molecule has 150 valence electrons. The number of anilines is 1. The molecule has 27 heavy (non-hydrogen) atoms. The van der Waals surface area contributed by atoms with E-state index in [1.165, 1.54) is 0 Å². The topological polar surface area (TPSA) is 82.3 Å². The summed E-state index contributed by atoms with van der Waals surface area (Å²) in [7, 11) is 0. The zero-order valence-electron chi connectivity index (χ0n) is 16.2. The Morgan fingerprint density at radius 3 is 2.15 bits per heavy atom. The molecule has 0 aliphatic heterocycles. The number of benzene rings is 1. The SMILES string of the molecule is CC(C)CNC(=O)NCC1CCC(CNC(=O)Nc2cccc(Cl)c2)CC1. The van der Waals surface area contributed by atoms with Crippen LogP contribution in [-0.4, -0.2) is 31.7 Å². The lowest BCUT2D eigenvalue weighted by Gasteiger charge is -2.28. The summed E-state index contributed by atoms with van der Waals surface area (Å²) >= 11 is 5.92. The van der Waals surface area contributed by atoms with Crippen molar-refractivity contribution in [3.8, 4) is 0 Å². The highest BCUT2D eigenvalue weighted by molar-refractivity contribution is 6.30. The molecule has 0 unspecified atom stereocenters. The fraction of sp³-hybridized carbons (Fsp3) is 0.600. The second-order valence-corrected chi connectivity index (χ2v) is 8.15. The van der Waals surface area contributed by atoms with Crippen LogP contribution in [0.1, 0.15) is 39.5 Å². The van der Waals surface area contributed by atoms with Crippen LogP contribution in [0.5, 0.6) is 0 Å². The lowest BCUT2D eigenvalue weighted by Crippen LogP contribution is -2.41. The number of amides is 4. The average molecular weight is 395 g/mol. The Morgan fingerprint density at radius 2 is 1.59 bits per heavy atom. The summed E-state index contributed by atoms with van der Waals surface area (Å²) in [5, 5.41) is 12.2. The zero-order chi connectivity index (χ0) is 19.6. The first-order valence-corrected chi connectivity index (χ1v) is 10.1. The van der Waals surface area contributed by atoms with E-state index in [0.29, 0.717) is 41.6 Å². The van der Waals surface area contributed by atoms with E-state index in [0.717, 1.165) is 32.2 Å². The lowest BCUT2D eigenvalue weighted by molar-refractivity contribution is 0.226. The molecule has 1 saturated carbocycles. The molecule has 1 aromatic carbocycles. The Hall–Kier alpha value is -1.95. The van der Waals surface area contributed by atoms with E-state index >= 15 is 0 Å². The van der Waals surface area contributed by atoms with E-state index in [-0.39, 0.29) is 12.1 Å². The fourth-order valence-electron chi connectivity index (χ4n) is 3.21. The molecule has 7 heteroatoms. The minimum Gasteiger partial charge on any atom is -0.338 e. The van der Waals surface area contributed by atoms with Gasteiger partial charge in [0.2, 0.25) is 0 Å². The maximum absolute atomic E-state index is 12.0. The molecule has 6 nitrogen and oxygen atoms in total. The van der Waals surface area contributed by atoms with Gasteiger partial charge >= 0.3 is 12.1 Å². The first kappa shape index (κ1) is 21.4. The van der Waals surface area contributed by atoms with Crippen LogP contribution in [0.3, 0.4) is 0 Å². The van der Waals surface area contributed by atoms with Gasteiger partial charge in [-0.2, -0.15) is 0 Å². The van der Waals surface area contributed by atoms with Crippen LogP contribution in [-0.2, 0) is 0 Å². The third-order valence-corrected chi connectivity index (χ3v) is 5.06. The van der Waals surface area contributed by atoms with Crippen LogP contribution in [0.25, 0.3) is 0 Å². The molecule has 2 rings (SSSR count). The van der Waals surface area contributed by atoms with Crippen molar-refractivity contribution in [1.29, 1.82) is 0 Å². The first-order chi connectivity index (χ1) is 12.9. The summed E-state index contributed by atoms with van der Waals surface area (Å²) in [6.07, 6.45) is 4.29. The summed E-state index contributed by atoms with van der Waals surface area (Å²) in [4.78, 5) is 23.7. The van der Waals surface area contributed by atoms with Crippen LogP contribution in [0, 0.1) is 17.8 Å². The molecule has 0 saturated heterocycles. The van der Waals surface area contributed by atoms with Gasteiger partial charge in [0.05, 0.1) is 0 Å². The molecule has 1 aliphatic rings. The van der Waals surface area contributed by atoms with E-state index in [2.05, 4.69) is 35.1 Å². The van der Waals surface area contributed by atoms with Crippen molar-refractivity contribution >= 4 is 29.4 Å². The number of hydrogen-bond donors (Lipinski definition) is 4. The van der Waals surface area contributed by atoms with Gasteiger partial charge in [0.1, 0.15) is 0 Å². The Labute approximate surface area is 166 Å². The van der Waals surface area contributed by atoms with Crippen LogP contribution in [0.2, 0.25) is 5.02 Å². The van der Waals surface area contributed by atoms with Gasteiger partial charge in [0, 0.05) is 30.3 Å². The summed E-state index contributed by atoms with van der Waals surface area (Å²) < 4.78 is 0. The number of hydrogen-bond acceptors (Lipinski definition) is 2. The van der Waals surface area contributed by atoms with Gasteiger partial charge in [-0.3, -0.25) is 0 Å². The maximum Gasteiger partial charge on any atom is 0.319 e. The van der Waals surface area contributed by atoms with Crippen LogP contribution < -0.4 is 21.3 Å². The van der Waals surface area contributed by atoms with Gasteiger partial charge in [-0.1, -0.05) is 31.5 Å². The molecular formula is C20H31ClN4O2. The minimum absolute atomic E-state index is 0.0785. The molecule has 0 bridgehead atoms. The number of rotatable bonds is 7. The Bertz CT molecular complexity index is 616. The molecule has 1 fully saturated rings. The van der Waals surface area contributed by atoms with Crippen LogP contribution in [0.4, 0.5) is 15.3 Å². The quantitative estimate of drug-likeness (QED) is 0.558. The van der Waals surface area contributed by atoms with Crippen molar-refractivity contribution in [2.24, 2.45) is 17.8 Å². The molecule has 0 atom stereocenters. The standard InChI is InChI=1S/C20H31ClN4O2/c1-14(2)11-22-19(26)23-12-15-6-8-16(9-7-15)13-24-20(27)25-18-5-3-4-17(21)10-18/h3-5,10,14-16H,6-9,11-13H2,1-2H3,(H2,22,23,26)(H2,24,25,27). The third-order valence-electron chi connectivity index (χ3n) is 4.82. The summed E-state index contributed by atoms with van der Waals surface area (Å²) in [6.45, 7) is 6.23. The van der Waals surface area contributed by atoms with E-state index < -0.39 is 0 Å².